The molecule has 1 aliphatic rings. The molecule has 25 heavy (non-hydrogen) atoms. The molecule has 1 aliphatic carbocycles. The molecule has 1 aromatic carbocycles. The lowest BCUT2D eigenvalue weighted by atomic mass is 10.0. The number of thiazole rings is 1. The number of nitrogens with one attached hydrogen (secondary N) is 1. The second-order valence-corrected chi connectivity index (χ2v) is 7.17. The van der Waals surface area contributed by atoms with Crippen LogP contribution in [0.2, 0.25) is 0 Å². The van der Waals surface area contributed by atoms with E-state index in [2.05, 4.69) is 15.3 Å². The predicted octanol–water partition coefficient (Wildman–Crippen LogP) is 3.39. The molecule has 1 fully saturated rings. The van der Waals surface area contributed by atoms with Gasteiger partial charge >= 0.3 is 0 Å². The quantitative estimate of drug-likeness (QED) is 0.734. The number of fused-ring (bicyclic) bond motifs is 1. The van der Waals surface area contributed by atoms with Gasteiger partial charge in [0.2, 0.25) is 5.91 Å². The number of hydrogen-bond donors (Lipinski definition) is 2. The molecule has 128 valence electrons. The molecule has 3 aromatic rings. The van der Waals surface area contributed by atoms with Crippen LogP contribution in [0.3, 0.4) is 0 Å². The molecule has 1 amide bonds. The van der Waals surface area contributed by atoms with Crippen LogP contribution in [0.1, 0.15) is 12.0 Å². The molecule has 2 atom stereocenters. The number of aliphatic hydroxyl groups is 1. The van der Waals surface area contributed by atoms with E-state index in [1.165, 1.54) is 11.3 Å². The fourth-order valence-electron chi connectivity index (χ4n) is 2.91. The Morgan fingerprint density at radius 2 is 2.28 bits per heavy atom. The van der Waals surface area contributed by atoms with E-state index >= 15 is 0 Å². The highest BCUT2D eigenvalue weighted by Gasteiger charge is 2.42. The zero-order valence-corrected chi connectivity index (χ0v) is 14.1. The SMILES string of the molecule is O=C(Nc1nc2ccc(-c3cnccc3CF)cc2s1)C1CC1CO. The van der Waals surface area contributed by atoms with Crippen molar-refractivity contribution in [2.75, 3.05) is 11.9 Å². The van der Waals surface area contributed by atoms with Crippen molar-refractivity contribution >= 4 is 32.6 Å². The molecule has 7 heteroatoms. The fourth-order valence-corrected chi connectivity index (χ4v) is 3.82. The number of halogens is 1. The summed E-state index contributed by atoms with van der Waals surface area (Å²) in [5.74, 6) is -0.133. The third-order valence-electron chi connectivity index (χ3n) is 4.48. The Labute approximate surface area is 147 Å². The molecule has 1 saturated carbocycles. The highest BCUT2D eigenvalue weighted by Crippen LogP contribution is 2.39. The number of rotatable bonds is 5. The van der Waals surface area contributed by atoms with Gasteiger partial charge in [0.25, 0.3) is 0 Å². The molecule has 5 nitrogen and oxygen atoms in total. The average molecular weight is 357 g/mol. The first-order valence-corrected chi connectivity index (χ1v) is 8.82. The van der Waals surface area contributed by atoms with Crippen LogP contribution in [-0.2, 0) is 11.5 Å². The first kappa shape index (κ1) is 16.1. The molecule has 2 unspecified atom stereocenters. The maximum absolute atomic E-state index is 13.2. The van der Waals surface area contributed by atoms with Gasteiger partial charge in [0, 0.05) is 30.5 Å². The third-order valence-corrected chi connectivity index (χ3v) is 5.41. The lowest BCUT2D eigenvalue weighted by Gasteiger charge is -2.05. The summed E-state index contributed by atoms with van der Waals surface area (Å²) in [4.78, 5) is 20.6. The number of amides is 1. The summed E-state index contributed by atoms with van der Waals surface area (Å²) in [6.45, 7) is -0.503. The average Bonchev–Trinajstić information content (AvgIpc) is 3.33. The molecular weight excluding hydrogens is 341 g/mol. The molecule has 4 rings (SSSR count). The highest BCUT2D eigenvalue weighted by molar-refractivity contribution is 7.22. The maximum Gasteiger partial charge on any atom is 0.229 e. The minimum atomic E-state index is -0.548. The third kappa shape index (κ3) is 3.12. The normalized spacial score (nSPS) is 19.1. The minimum absolute atomic E-state index is 0.0449. The second-order valence-electron chi connectivity index (χ2n) is 6.14. The number of pyridine rings is 1. The smallest absolute Gasteiger partial charge is 0.229 e. The Morgan fingerprint density at radius 3 is 3.04 bits per heavy atom. The number of aliphatic hydroxyl groups excluding tert-OH is 1. The van der Waals surface area contributed by atoms with Gasteiger partial charge in [-0.05, 0) is 41.7 Å². The number of aromatic nitrogens is 2. The van der Waals surface area contributed by atoms with E-state index in [1.54, 1.807) is 18.5 Å². The van der Waals surface area contributed by atoms with Crippen molar-refractivity contribution in [2.45, 2.75) is 13.1 Å². The minimum Gasteiger partial charge on any atom is -0.396 e. The number of carbonyl (C=O) groups is 1. The van der Waals surface area contributed by atoms with E-state index in [-0.39, 0.29) is 24.3 Å². The Kier molecular flexibility index (Phi) is 4.19. The topological polar surface area (TPSA) is 75.1 Å². The Bertz CT molecular complexity index is 943. The van der Waals surface area contributed by atoms with Crippen LogP contribution in [0.25, 0.3) is 21.3 Å². The van der Waals surface area contributed by atoms with Crippen molar-refractivity contribution in [2.24, 2.45) is 11.8 Å². The summed E-state index contributed by atoms with van der Waals surface area (Å²) in [5, 5.41) is 12.4. The Balaban J connectivity index is 1.60. The van der Waals surface area contributed by atoms with E-state index in [9.17, 15) is 9.18 Å². The van der Waals surface area contributed by atoms with Crippen LogP contribution >= 0.6 is 11.3 Å². The first-order chi connectivity index (χ1) is 12.2. The number of carbonyl (C=O) groups excluding carboxylic acids is 1. The number of alkyl halides is 1. The fraction of sp³-hybridized carbons (Fsp3) is 0.278. The zero-order chi connectivity index (χ0) is 17.4. The molecule has 2 N–H and O–H groups in total. The zero-order valence-electron chi connectivity index (χ0n) is 13.3. The van der Waals surface area contributed by atoms with Gasteiger partial charge in [-0.2, -0.15) is 0 Å². The maximum atomic E-state index is 13.2. The molecule has 0 spiro atoms. The van der Waals surface area contributed by atoms with Crippen molar-refractivity contribution in [3.05, 3.63) is 42.2 Å². The van der Waals surface area contributed by atoms with Gasteiger partial charge in [-0.25, -0.2) is 9.37 Å². The lowest BCUT2D eigenvalue weighted by molar-refractivity contribution is -0.117. The van der Waals surface area contributed by atoms with Crippen molar-refractivity contribution in [3.63, 3.8) is 0 Å². The van der Waals surface area contributed by atoms with Crippen molar-refractivity contribution in [1.29, 1.82) is 0 Å². The Morgan fingerprint density at radius 1 is 1.40 bits per heavy atom. The number of benzene rings is 1. The summed E-state index contributed by atoms with van der Waals surface area (Å²) in [6.07, 6.45) is 3.96. The van der Waals surface area contributed by atoms with Gasteiger partial charge < -0.3 is 10.4 Å². The summed E-state index contributed by atoms with van der Waals surface area (Å²) >= 11 is 1.38. The van der Waals surface area contributed by atoms with Crippen LogP contribution in [0.5, 0.6) is 0 Å². The summed E-state index contributed by atoms with van der Waals surface area (Å²) in [5.41, 5.74) is 3.01. The summed E-state index contributed by atoms with van der Waals surface area (Å²) in [6, 6.07) is 7.35. The largest absolute Gasteiger partial charge is 0.396 e. The number of anilines is 1. The van der Waals surface area contributed by atoms with Gasteiger partial charge in [-0.3, -0.25) is 9.78 Å². The van der Waals surface area contributed by atoms with Crippen molar-refractivity contribution in [1.82, 2.24) is 9.97 Å². The van der Waals surface area contributed by atoms with Crippen molar-refractivity contribution in [3.8, 4) is 11.1 Å². The molecule has 0 aliphatic heterocycles. The molecule has 2 heterocycles. The van der Waals surface area contributed by atoms with Crippen LogP contribution in [0.15, 0.2) is 36.7 Å². The number of hydrogen-bond acceptors (Lipinski definition) is 5. The van der Waals surface area contributed by atoms with Crippen LogP contribution < -0.4 is 5.32 Å². The van der Waals surface area contributed by atoms with Crippen LogP contribution in [0, 0.1) is 11.8 Å². The first-order valence-electron chi connectivity index (χ1n) is 8.01. The lowest BCUT2D eigenvalue weighted by Crippen LogP contribution is -2.15. The van der Waals surface area contributed by atoms with E-state index in [0.717, 1.165) is 27.8 Å². The van der Waals surface area contributed by atoms with Gasteiger partial charge in [0.15, 0.2) is 5.13 Å². The van der Waals surface area contributed by atoms with Gasteiger partial charge in [0.05, 0.1) is 10.2 Å². The van der Waals surface area contributed by atoms with E-state index in [1.807, 2.05) is 18.2 Å². The molecule has 0 radical (unpaired) electrons. The Hall–Kier alpha value is -2.38. The predicted molar refractivity (Wildman–Crippen MR) is 95.0 cm³/mol. The van der Waals surface area contributed by atoms with Gasteiger partial charge in [0.1, 0.15) is 6.67 Å². The van der Waals surface area contributed by atoms with E-state index in [0.29, 0.717) is 10.7 Å². The highest BCUT2D eigenvalue weighted by atomic mass is 32.1. The van der Waals surface area contributed by atoms with E-state index < -0.39 is 6.67 Å². The van der Waals surface area contributed by atoms with Crippen LogP contribution in [0.4, 0.5) is 9.52 Å². The molecular formula is C18H16FN3O2S. The summed E-state index contributed by atoms with van der Waals surface area (Å²) in [7, 11) is 0. The molecule has 0 bridgehead atoms. The number of nitrogens with zero attached hydrogens (tertiary/aromatic N) is 2. The standard InChI is InChI=1S/C18H16FN3O2S/c19-7-11-3-4-20-8-14(11)10-1-2-15-16(6-10)25-18(21-15)22-17(24)13-5-12(13)9-23/h1-4,6,8,12-13,23H,5,7,9H2,(H,21,22,24). The van der Waals surface area contributed by atoms with Gasteiger partial charge in [-0.15, -0.1) is 0 Å². The monoisotopic (exact) mass is 357 g/mol. The molecule has 2 aromatic heterocycles. The van der Waals surface area contributed by atoms with Crippen LogP contribution in [-0.4, -0.2) is 27.6 Å². The van der Waals surface area contributed by atoms with Crippen molar-refractivity contribution < 1.29 is 14.3 Å². The van der Waals surface area contributed by atoms with E-state index in [4.69, 9.17) is 5.11 Å². The molecule has 0 saturated heterocycles. The van der Waals surface area contributed by atoms with Gasteiger partial charge in [-0.1, -0.05) is 17.4 Å². The second kappa shape index (κ2) is 6.50. The summed E-state index contributed by atoms with van der Waals surface area (Å²) < 4.78 is 14.1.